The van der Waals surface area contributed by atoms with Crippen molar-refractivity contribution in [1.29, 1.82) is 0 Å². The van der Waals surface area contributed by atoms with Crippen LogP contribution in [0.3, 0.4) is 0 Å². The first kappa shape index (κ1) is 9.30. The number of ketones is 1. The van der Waals surface area contributed by atoms with Gasteiger partial charge in [-0.2, -0.15) is 0 Å². The molecule has 0 aromatic heterocycles. The predicted molar refractivity (Wildman–Crippen MR) is 47.7 cm³/mol. The minimum absolute atomic E-state index is 0.164. The van der Waals surface area contributed by atoms with Crippen molar-refractivity contribution in [3.05, 3.63) is 11.8 Å². The van der Waals surface area contributed by atoms with Crippen LogP contribution >= 0.6 is 0 Å². The molecule has 0 aliphatic heterocycles. The molecule has 12 heavy (non-hydrogen) atoms. The van der Waals surface area contributed by atoms with Crippen LogP contribution in [0, 0.1) is 5.41 Å². The number of carbonyl (C=O) groups excluding carboxylic acids is 1. The molecule has 0 aromatic carbocycles. The van der Waals surface area contributed by atoms with Crippen LogP contribution in [0.4, 0.5) is 0 Å². The molecule has 0 amide bonds. The highest BCUT2D eigenvalue weighted by Crippen LogP contribution is 2.36. The Hall–Kier alpha value is -0.790. The molecule has 2 nitrogen and oxygen atoms in total. The van der Waals surface area contributed by atoms with Gasteiger partial charge in [-0.15, -0.1) is 0 Å². The van der Waals surface area contributed by atoms with E-state index in [9.17, 15) is 4.79 Å². The fourth-order valence-corrected chi connectivity index (χ4v) is 1.41. The summed E-state index contributed by atoms with van der Waals surface area (Å²) in [6.07, 6.45) is 3.44. The lowest BCUT2D eigenvalue weighted by Crippen LogP contribution is -2.17. The lowest BCUT2D eigenvalue weighted by Gasteiger charge is -2.12. The van der Waals surface area contributed by atoms with Gasteiger partial charge in [0, 0.05) is 11.0 Å². The molecule has 68 valence electrons. The second kappa shape index (κ2) is 3.30. The van der Waals surface area contributed by atoms with Gasteiger partial charge >= 0.3 is 0 Å². The lowest BCUT2D eigenvalue weighted by molar-refractivity contribution is -0.121. The van der Waals surface area contributed by atoms with Crippen molar-refractivity contribution >= 4 is 5.78 Å². The molecule has 0 aromatic rings. The van der Waals surface area contributed by atoms with E-state index in [0.29, 0.717) is 6.61 Å². The average molecular weight is 168 g/mol. The zero-order valence-corrected chi connectivity index (χ0v) is 8.02. The second-order valence-electron chi connectivity index (χ2n) is 3.81. The second-order valence-corrected chi connectivity index (χ2v) is 3.81. The van der Waals surface area contributed by atoms with Crippen molar-refractivity contribution in [2.24, 2.45) is 5.41 Å². The molecule has 1 aliphatic rings. The molecular weight excluding hydrogens is 152 g/mol. The molecule has 2 heteroatoms. The third-order valence-corrected chi connectivity index (χ3v) is 2.32. The Balaban J connectivity index is 2.67. The quantitative estimate of drug-likeness (QED) is 0.467. The van der Waals surface area contributed by atoms with Gasteiger partial charge in [-0.05, 0) is 19.8 Å². The highest BCUT2D eigenvalue weighted by atomic mass is 16.5. The van der Waals surface area contributed by atoms with E-state index in [1.807, 2.05) is 20.8 Å². The van der Waals surface area contributed by atoms with Crippen molar-refractivity contribution < 1.29 is 9.53 Å². The maximum Gasteiger partial charge on any atom is 0.167 e. The smallest absolute Gasteiger partial charge is 0.167 e. The van der Waals surface area contributed by atoms with Crippen LogP contribution in [0.1, 0.15) is 33.6 Å². The van der Waals surface area contributed by atoms with E-state index in [2.05, 4.69) is 0 Å². The van der Waals surface area contributed by atoms with Crippen LogP contribution in [0.15, 0.2) is 11.8 Å². The molecule has 1 aliphatic carbocycles. The summed E-state index contributed by atoms with van der Waals surface area (Å²) in [5.41, 5.74) is 0.685. The molecule has 1 fully saturated rings. The fourth-order valence-electron chi connectivity index (χ4n) is 1.41. The van der Waals surface area contributed by atoms with E-state index in [1.165, 1.54) is 0 Å². The van der Waals surface area contributed by atoms with Gasteiger partial charge in [0.25, 0.3) is 0 Å². The third-order valence-electron chi connectivity index (χ3n) is 2.32. The summed E-state index contributed by atoms with van der Waals surface area (Å²) in [6.45, 7) is 6.53. The van der Waals surface area contributed by atoms with Gasteiger partial charge in [0.15, 0.2) is 5.78 Å². The minimum Gasteiger partial charge on any atom is -0.501 e. The molecule has 1 rings (SSSR count). The van der Waals surface area contributed by atoms with Gasteiger partial charge in [0.2, 0.25) is 0 Å². The molecule has 0 unspecified atom stereocenters. The van der Waals surface area contributed by atoms with E-state index in [4.69, 9.17) is 4.74 Å². The topological polar surface area (TPSA) is 26.3 Å². The Bertz CT molecular complexity index is 214. The molecule has 1 saturated carbocycles. The van der Waals surface area contributed by atoms with Crippen molar-refractivity contribution in [3.8, 4) is 0 Å². The summed E-state index contributed by atoms with van der Waals surface area (Å²) in [4.78, 5) is 11.6. The molecule has 0 radical (unpaired) electrons. The number of allylic oxidation sites excluding steroid dienone is 1. The first-order valence-corrected chi connectivity index (χ1v) is 4.43. The highest BCUT2D eigenvalue weighted by Gasteiger charge is 2.36. The minimum atomic E-state index is -0.164. The highest BCUT2D eigenvalue weighted by molar-refractivity contribution is 6.01. The number of hydrogen-bond donors (Lipinski definition) is 0. The SMILES string of the molecule is CCO/C=C1\CCC(C)(C)C1=O. The maximum atomic E-state index is 11.6. The number of Topliss-reactive ketones (excluding diaryl/α,β-unsaturated/α-hetero) is 1. The zero-order valence-electron chi connectivity index (χ0n) is 8.02. The van der Waals surface area contributed by atoms with Gasteiger partial charge in [-0.1, -0.05) is 13.8 Å². The molecule has 0 bridgehead atoms. The summed E-state index contributed by atoms with van der Waals surface area (Å²) < 4.78 is 5.10. The first-order valence-electron chi connectivity index (χ1n) is 4.43. The average Bonchev–Trinajstić information content (AvgIpc) is 2.26. The summed E-state index contributed by atoms with van der Waals surface area (Å²) in [5.74, 6) is 0.246. The van der Waals surface area contributed by atoms with Crippen LogP contribution in [-0.4, -0.2) is 12.4 Å². The van der Waals surface area contributed by atoms with Crippen LogP contribution in [0.25, 0.3) is 0 Å². The monoisotopic (exact) mass is 168 g/mol. The van der Waals surface area contributed by atoms with Crippen molar-refractivity contribution in [3.63, 3.8) is 0 Å². The summed E-state index contributed by atoms with van der Waals surface area (Å²) in [7, 11) is 0. The molecule has 0 saturated heterocycles. The summed E-state index contributed by atoms with van der Waals surface area (Å²) >= 11 is 0. The molecule has 0 atom stereocenters. The van der Waals surface area contributed by atoms with Crippen LogP contribution < -0.4 is 0 Å². The summed E-state index contributed by atoms with van der Waals surface area (Å²) in [6, 6.07) is 0. The summed E-state index contributed by atoms with van der Waals surface area (Å²) in [5, 5.41) is 0. The molecule has 0 spiro atoms. The predicted octanol–water partition coefficient (Wildman–Crippen LogP) is 2.30. The van der Waals surface area contributed by atoms with Gasteiger partial charge in [0.05, 0.1) is 12.9 Å². The number of hydrogen-bond acceptors (Lipinski definition) is 2. The first-order chi connectivity index (χ1) is 5.58. The van der Waals surface area contributed by atoms with Gasteiger partial charge in [-0.25, -0.2) is 0 Å². The number of carbonyl (C=O) groups is 1. The number of ether oxygens (including phenoxy) is 1. The van der Waals surface area contributed by atoms with Gasteiger partial charge in [0.1, 0.15) is 0 Å². The van der Waals surface area contributed by atoms with E-state index in [1.54, 1.807) is 6.26 Å². The van der Waals surface area contributed by atoms with Crippen molar-refractivity contribution in [1.82, 2.24) is 0 Å². The molecule has 0 N–H and O–H groups in total. The van der Waals surface area contributed by atoms with E-state index >= 15 is 0 Å². The fraction of sp³-hybridized carbons (Fsp3) is 0.700. The van der Waals surface area contributed by atoms with Crippen LogP contribution in [0.5, 0.6) is 0 Å². The normalized spacial score (nSPS) is 24.9. The van der Waals surface area contributed by atoms with Gasteiger partial charge < -0.3 is 4.74 Å². The van der Waals surface area contributed by atoms with Crippen LogP contribution in [0.2, 0.25) is 0 Å². The zero-order chi connectivity index (χ0) is 9.19. The van der Waals surface area contributed by atoms with Crippen molar-refractivity contribution in [2.75, 3.05) is 6.61 Å². The number of rotatable bonds is 2. The molecular formula is C10H16O2. The van der Waals surface area contributed by atoms with E-state index in [-0.39, 0.29) is 11.2 Å². The Morgan fingerprint density at radius 3 is 2.67 bits per heavy atom. The largest absolute Gasteiger partial charge is 0.501 e. The van der Waals surface area contributed by atoms with Gasteiger partial charge in [-0.3, -0.25) is 4.79 Å². The maximum absolute atomic E-state index is 11.6. The van der Waals surface area contributed by atoms with E-state index in [0.717, 1.165) is 18.4 Å². The Morgan fingerprint density at radius 1 is 1.58 bits per heavy atom. The molecule has 0 heterocycles. The third kappa shape index (κ3) is 1.68. The Morgan fingerprint density at radius 2 is 2.25 bits per heavy atom. The van der Waals surface area contributed by atoms with Crippen LogP contribution in [-0.2, 0) is 9.53 Å². The van der Waals surface area contributed by atoms with Crippen molar-refractivity contribution in [2.45, 2.75) is 33.6 Å². The Labute approximate surface area is 73.6 Å². The Kier molecular flexibility index (Phi) is 2.55. The van der Waals surface area contributed by atoms with E-state index < -0.39 is 0 Å². The standard InChI is InChI=1S/C10H16O2/c1-4-12-7-8-5-6-10(2,3)9(8)11/h7H,4-6H2,1-3H3/b8-7+. The lowest BCUT2D eigenvalue weighted by atomic mass is 9.90.